The van der Waals surface area contributed by atoms with E-state index in [4.69, 9.17) is 10.5 Å². The molecule has 0 aliphatic heterocycles. The van der Waals surface area contributed by atoms with Crippen LogP contribution in [-0.2, 0) is 14.8 Å². The number of amides is 1. The molecule has 0 saturated carbocycles. The molecule has 1 amide bonds. The second-order valence-corrected chi connectivity index (χ2v) is 6.35. The zero-order valence-corrected chi connectivity index (χ0v) is 12.8. The summed E-state index contributed by atoms with van der Waals surface area (Å²) in [6, 6.07) is 14.3. The molecule has 2 N–H and O–H groups in total. The molecule has 2 aromatic rings. The second kappa shape index (κ2) is 6.48. The quantitative estimate of drug-likeness (QED) is 0.870. The van der Waals surface area contributed by atoms with Crippen LogP contribution in [0.3, 0.4) is 0 Å². The minimum absolute atomic E-state index is 0.0825. The number of carbonyl (C=O) groups is 1. The molecule has 0 saturated heterocycles. The number of nitrogens with two attached hydrogens (primary N) is 1. The zero-order valence-electron chi connectivity index (χ0n) is 12.0. The SMILES string of the molecule is COc1cccc(N(CC(N)=O)S(=O)(=O)c2ccccc2)c1. The number of hydrogen-bond donors (Lipinski definition) is 1. The highest BCUT2D eigenvalue weighted by molar-refractivity contribution is 7.92. The van der Waals surface area contributed by atoms with Gasteiger partial charge in [0.2, 0.25) is 5.91 Å². The smallest absolute Gasteiger partial charge is 0.264 e. The van der Waals surface area contributed by atoms with Crippen molar-refractivity contribution in [3.8, 4) is 5.75 Å². The minimum Gasteiger partial charge on any atom is -0.497 e. The number of methoxy groups -OCH3 is 1. The van der Waals surface area contributed by atoms with Crippen LogP contribution in [0.25, 0.3) is 0 Å². The number of primary amides is 1. The maximum absolute atomic E-state index is 12.7. The third kappa shape index (κ3) is 3.37. The number of hydrogen-bond acceptors (Lipinski definition) is 4. The molecular formula is C15H16N2O4S. The lowest BCUT2D eigenvalue weighted by Crippen LogP contribution is -2.38. The highest BCUT2D eigenvalue weighted by Gasteiger charge is 2.26. The molecule has 0 heterocycles. The zero-order chi connectivity index (χ0) is 16.2. The van der Waals surface area contributed by atoms with Gasteiger partial charge in [-0.2, -0.15) is 0 Å². The van der Waals surface area contributed by atoms with Gasteiger partial charge < -0.3 is 10.5 Å². The molecular weight excluding hydrogens is 304 g/mol. The molecule has 0 aromatic heterocycles. The summed E-state index contributed by atoms with van der Waals surface area (Å²) in [4.78, 5) is 11.4. The van der Waals surface area contributed by atoms with Gasteiger partial charge in [-0.1, -0.05) is 24.3 Å². The first-order valence-electron chi connectivity index (χ1n) is 6.45. The maximum atomic E-state index is 12.7. The summed E-state index contributed by atoms with van der Waals surface area (Å²) in [6.45, 7) is -0.454. The Balaban J connectivity index is 2.52. The molecule has 0 fully saturated rings. The fourth-order valence-corrected chi connectivity index (χ4v) is 3.39. The number of benzene rings is 2. The number of ether oxygens (including phenoxy) is 1. The number of nitrogens with zero attached hydrogens (tertiary/aromatic N) is 1. The average Bonchev–Trinajstić information content (AvgIpc) is 2.53. The van der Waals surface area contributed by atoms with Crippen molar-refractivity contribution in [2.45, 2.75) is 4.90 Å². The Morgan fingerprint density at radius 3 is 2.41 bits per heavy atom. The fourth-order valence-electron chi connectivity index (χ4n) is 1.94. The van der Waals surface area contributed by atoms with Gasteiger partial charge >= 0.3 is 0 Å². The Morgan fingerprint density at radius 2 is 1.82 bits per heavy atom. The van der Waals surface area contributed by atoms with E-state index in [1.165, 1.54) is 25.3 Å². The van der Waals surface area contributed by atoms with Gasteiger partial charge in [0.1, 0.15) is 12.3 Å². The summed E-state index contributed by atoms with van der Waals surface area (Å²) in [7, 11) is -2.42. The number of carbonyl (C=O) groups excluding carboxylic acids is 1. The molecule has 2 rings (SSSR count). The van der Waals surface area contributed by atoms with Crippen molar-refractivity contribution >= 4 is 21.6 Å². The molecule has 116 valence electrons. The first kappa shape index (κ1) is 15.8. The Kier molecular flexibility index (Phi) is 4.67. The van der Waals surface area contributed by atoms with Crippen LogP contribution in [0.4, 0.5) is 5.69 Å². The standard InChI is InChI=1S/C15H16N2O4S/c1-21-13-7-5-6-12(10-13)17(11-15(16)18)22(19,20)14-8-3-2-4-9-14/h2-10H,11H2,1H3,(H2,16,18). The third-order valence-electron chi connectivity index (χ3n) is 2.97. The van der Waals surface area contributed by atoms with Crippen LogP contribution in [0.15, 0.2) is 59.5 Å². The normalized spacial score (nSPS) is 11.0. The van der Waals surface area contributed by atoms with Gasteiger partial charge in [-0.25, -0.2) is 8.42 Å². The van der Waals surface area contributed by atoms with Gasteiger partial charge in [0.15, 0.2) is 0 Å². The molecule has 6 nitrogen and oxygen atoms in total. The number of anilines is 1. The molecule has 0 radical (unpaired) electrons. The van der Waals surface area contributed by atoms with Gasteiger partial charge in [0, 0.05) is 6.07 Å². The van der Waals surface area contributed by atoms with Crippen molar-refractivity contribution < 1.29 is 17.9 Å². The Hall–Kier alpha value is -2.54. The van der Waals surface area contributed by atoms with Crippen LogP contribution in [-0.4, -0.2) is 28.0 Å². The van der Waals surface area contributed by atoms with Crippen LogP contribution in [0, 0.1) is 0 Å². The van der Waals surface area contributed by atoms with Gasteiger partial charge in [-0.3, -0.25) is 9.10 Å². The summed E-state index contributed by atoms with van der Waals surface area (Å²) >= 11 is 0. The van der Waals surface area contributed by atoms with Gasteiger partial charge in [-0.15, -0.1) is 0 Å². The second-order valence-electron chi connectivity index (χ2n) is 4.49. The summed E-state index contributed by atoms with van der Waals surface area (Å²) in [5.74, 6) is -0.266. The van der Waals surface area contributed by atoms with E-state index in [-0.39, 0.29) is 4.90 Å². The lowest BCUT2D eigenvalue weighted by molar-refractivity contribution is -0.116. The first-order chi connectivity index (χ1) is 10.4. The van der Waals surface area contributed by atoms with Crippen LogP contribution in [0.1, 0.15) is 0 Å². The molecule has 2 aromatic carbocycles. The van der Waals surface area contributed by atoms with Crippen LogP contribution in [0.2, 0.25) is 0 Å². The van der Waals surface area contributed by atoms with Crippen molar-refractivity contribution in [3.05, 3.63) is 54.6 Å². The first-order valence-corrected chi connectivity index (χ1v) is 7.89. The third-order valence-corrected chi connectivity index (χ3v) is 4.76. The monoisotopic (exact) mass is 320 g/mol. The molecule has 7 heteroatoms. The van der Waals surface area contributed by atoms with Crippen LogP contribution in [0.5, 0.6) is 5.75 Å². The van der Waals surface area contributed by atoms with E-state index in [1.54, 1.807) is 36.4 Å². The van der Waals surface area contributed by atoms with Crippen molar-refractivity contribution in [2.24, 2.45) is 5.73 Å². The molecule has 0 bridgehead atoms. The Bertz CT molecular complexity index is 760. The summed E-state index contributed by atoms with van der Waals surface area (Å²) in [5, 5.41) is 0. The largest absolute Gasteiger partial charge is 0.497 e. The highest BCUT2D eigenvalue weighted by atomic mass is 32.2. The predicted octanol–water partition coefficient (Wildman–Crippen LogP) is 1.38. The van der Waals surface area contributed by atoms with Crippen molar-refractivity contribution in [3.63, 3.8) is 0 Å². The van der Waals surface area contributed by atoms with E-state index >= 15 is 0 Å². The fraction of sp³-hybridized carbons (Fsp3) is 0.133. The van der Waals surface area contributed by atoms with Crippen LogP contribution < -0.4 is 14.8 Å². The van der Waals surface area contributed by atoms with E-state index in [1.807, 2.05) is 0 Å². The lowest BCUT2D eigenvalue weighted by atomic mass is 10.3. The molecule has 0 unspecified atom stereocenters. The van der Waals surface area contributed by atoms with Gasteiger partial charge in [0.05, 0.1) is 17.7 Å². The molecule has 0 atom stereocenters. The minimum atomic E-state index is -3.90. The Labute approximate surface area is 129 Å². The summed E-state index contributed by atoms with van der Waals surface area (Å²) < 4.78 is 31.5. The molecule has 0 aliphatic rings. The van der Waals surface area contributed by atoms with E-state index in [0.29, 0.717) is 11.4 Å². The number of sulfonamides is 1. The van der Waals surface area contributed by atoms with E-state index < -0.39 is 22.5 Å². The van der Waals surface area contributed by atoms with Crippen molar-refractivity contribution in [1.82, 2.24) is 0 Å². The van der Waals surface area contributed by atoms with E-state index in [0.717, 1.165) is 4.31 Å². The number of rotatable bonds is 6. The topological polar surface area (TPSA) is 89.7 Å². The molecule has 22 heavy (non-hydrogen) atoms. The van der Waals surface area contributed by atoms with Crippen molar-refractivity contribution in [1.29, 1.82) is 0 Å². The summed E-state index contributed by atoms with van der Waals surface area (Å²) in [6.07, 6.45) is 0. The lowest BCUT2D eigenvalue weighted by Gasteiger charge is -2.23. The van der Waals surface area contributed by atoms with E-state index in [9.17, 15) is 13.2 Å². The average molecular weight is 320 g/mol. The van der Waals surface area contributed by atoms with Gasteiger partial charge in [0.25, 0.3) is 10.0 Å². The Morgan fingerprint density at radius 1 is 1.14 bits per heavy atom. The van der Waals surface area contributed by atoms with E-state index in [2.05, 4.69) is 0 Å². The van der Waals surface area contributed by atoms with Gasteiger partial charge in [-0.05, 0) is 24.3 Å². The van der Waals surface area contributed by atoms with Crippen LogP contribution >= 0.6 is 0 Å². The molecule has 0 aliphatic carbocycles. The molecule has 0 spiro atoms. The van der Waals surface area contributed by atoms with Crippen molar-refractivity contribution in [2.75, 3.05) is 18.0 Å². The maximum Gasteiger partial charge on any atom is 0.264 e. The predicted molar refractivity (Wildman–Crippen MR) is 83.2 cm³/mol. The highest BCUT2D eigenvalue weighted by Crippen LogP contribution is 2.26. The summed E-state index contributed by atoms with van der Waals surface area (Å²) in [5.41, 5.74) is 5.51.